The molecule has 0 radical (unpaired) electrons. The Kier molecular flexibility index (Phi) is 12.6. The van der Waals surface area contributed by atoms with E-state index in [4.69, 9.17) is 4.74 Å². The first-order valence-electron chi connectivity index (χ1n) is 12.5. The fraction of sp³-hybridized carbons (Fsp3) is 0.630. The number of likely N-dealkylation sites (N-methyl/N-ethyl adjacent to an activating group) is 1. The number of carbonyl (C=O) groups excluding carboxylic acids is 4. The van der Waals surface area contributed by atoms with E-state index >= 15 is 0 Å². The molecule has 1 heterocycles. The molecule has 0 aromatic rings. The largest absolute Gasteiger partial charge is 0.463 e. The van der Waals surface area contributed by atoms with Gasteiger partial charge in [0.25, 0.3) is 5.91 Å². The lowest BCUT2D eigenvalue weighted by Crippen LogP contribution is -2.57. The van der Waals surface area contributed by atoms with Gasteiger partial charge >= 0.3 is 5.97 Å². The molecule has 1 saturated heterocycles. The van der Waals surface area contributed by atoms with Crippen molar-refractivity contribution in [3.8, 4) is 0 Å². The average molecular weight is 490 g/mol. The molecule has 1 fully saturated rings. The molecule has 3 unspecified atom stereocenters. The van der Waals surface area contributed by atoms with Crippen molar-refractivity contribution in [2.75, 3.05) is 20.2 Å². The molecule has 8 heteroatoms. The number of amides is 2. The van der Waals surface area contributed by atoms with Crippen LogP contribution in [0.15, 0.2) is 37.0 Å². The van der Waals surface area contributed by atoms with Crippen LogP contribution in [-0.4, -0.2) is 66.8 Å². The van der Waals surface area contributed by atoms with E-state index in [-0.39, 0.29) is 18.6 Å². The highest BCUT2D eigenvalue weighted by Crippen LogP contribution is 2.24. The molecule has 196 valence electrons. The first-order chi connectivity index (χ1) is 16.5. The molecule has 2 N–H and O–H groups in total. The first-order valence-corrected chi connectivity index (χ1v) is 12.5. The molecule has 1 aliphatic rings. The molecule has 0 bridgehead atoms. The van der Waals surface area contributed by atoms with Crippen LogP contribution in [0.4, 0.5) is 0 Å². The quantitative estimate of drug-likeness (QED) is 0.221. The molecule has 1 aliphatic heterocycles. The van der Waals surface area contributed by atoms with E-state index in [1.54, 1.807) is 40.0 Å². The van der Waals surface area contributed by atoms with Crippen molar-refractivity contribution in [2.24, 2.45) is 5.41 Å². The summed E-state index contributed by atoms with van der Waals surface area (Å²) < 4.78 is 5.24. The van der Waals surface area contributed by atoms with E-state index in [0.717, 1.165) is 37.7 Å². The van der Waals surface area contributed by atoms with Gasteiger partial charge in [-0.25, -0.2) is 0 Å². The third kappa shape index (κ3) is 9.09. The Balaban J connectivity index is 2.86. The van der Waals surface area contributed by atoms with Gasteiger partial charge in [-0.3, -0.25) is 19.2 Å². The maximum absolute atomic E-state index is 13.2. The summed E-state index contributed by atoms with van der Waals surface area (Å²) in [6, 6.07) is -1.28. The number of Topliss-reactive ketones (excluding diaryl/α,β-unsaturated/α-hetero) is 1. The molecule has 35 heavy (non-hydrogen) atoms. The Morgan fingerprint density at radius 1 is 1.20 bits per heavy atom. The van der Waals surface area contributed by atoms with E-state index < -0.39 is 35.2 Å². The van der Waals surface area contributed by atoms with Gasteiger partial charge in [0.05, 0.1) is 5.41 Å². The van der Waals surface area contributed by atoms with E-state index in [2.05, 4.69) is 23.8 Å². The standard InChI is InChI=1S/C27H43N3O5/c1-8-13-20(9-2)15-16-21(10-3)29-24(32)22-14-11-12-17-30(22)25(33)23(31)27(5,6)18-35-26(34)19(4)28-7/h8-9,13,19,21-22,28H,1-2,10-12,14-18H2,3-7H3,(H,29,32). The molecule has 0 aliphatic carbocycles. The van der Waals surface area contributed by atoms with Crippen molar-refractivity contribution in [1.29, 1.82) is 0 Å². The van der Waals surface area contributed by atoms with Crippen molar-refractivity contribution in [2.45, 2.75) is 84.3 Å². The molecule has 0 spiro atoms. The second-order valence-corrected chi connectivity index (χ2v) is 9.68. The lowest BCUT2D eigenvalue weighted by atomic mass is 9.87. The number of piperidine rings is 1. The third-order valence-corrected chi connectivity index (χ3v) is 6.45. The number of hydrogen-bond acceptors (Lipinski definition) is 6. The number of hydrogen-bond donors (Lipinski definition) is 2. The summed E-state index contributed by atoms with van der Waals surface area (Å²) in [5, 5.41) is 5.85. The summed E-state index contributed by atoms with van der Waals surface area (Å²) in [7, 11) is 1.63. The molecule has 8 nitrogen and oxygen atoms in total. The Morgan fingerprint density at radius 2 is 1.89 bits per heavy atom. The molecule has 1 rings (SSSR count). The van der Waals surface area contributed by atoms with Crippen molar-refractivity contribution in [3.63, 3.8) is 0 Å². The van der Waals surface area contributed by atoms with Crippen molar-refractivity contribution >= 4 is 23.6 Å². The number of nitrogens with zero attached hydrogens (tertiary/aromatic N) is 1. The Morgan fingerprint density at radius 3 is 2.46 bits per heavy atom. The predicted molar refractivity (Wildman–Crippen MR) is 138 cm³/mol. The van der Waals surface area contributed by atoms with E-state index in [0.29, 0.717) is 13.0 Å². The smallest absolute Gasteiger partial charge is 0.322 e. The van der Waals surface area contributed by atoms with Crippen molar-refractivity contribution < 1.29 is 23.9 Å². The van der Waals surface area contributed by atoms with Crippen molar-refractivity contribution in [1.82, 2.24) is 15.5 Å². The fourth-order valence-corrected chi connectivity index (χ4v) is 3.85. The van der Waals surface area contributed by atoms with Crippen LogP contribution in [0.3, 0.4) is 0 Å². The van der Waals surface area contributed by atoms with Crippen LogP contribution in [0.5, 0.6) is 0 Å². The molecule has 3 atom stereocenters. The number of ether oxygens (including phenoxy) is 1. The van der Waals surface area contributed by atoms with E-state index in [1.165, 1.54) is 4.90 Å². The fourth-order valence-electron chi connectivity index (χ4n) is 3.85. The molecule has 0 aromatic carbocycles. The number of ketones is 1. The minimum Gasteiger partial charge on any atom is -0.463 e. The molecule has 0 saturated carbocycles. The summed E-state index contributed by atoms with van der Waals surface area (Å²) in [4.78, 5) is 52.8. The van der Waals surface area contributed by atoms with Gasteiger partial charge in [-0.05, 0) is 71.9 Å². The monoisotopic (exact) mass is 489 g/mol. The number of allylic oxidation sites excluding steroid dienone is 4. The average Bonchev–Trinajstić information content (AvgIpc) is 2.87. The minimum absolute atomic E-state index is 0.0599. The summed E-state index contributed by atoms with van der Waals surface area (Å²) in [6.45, 7) is 14.4. The lowest BCUT2D eigenvalue weighted by Gasteiger charge is -2.36. The van der Waals surface area contributed by atoms with Crippen LogP contribution in [0.25, 0.3) is 0 Å². The topological polar surface area (TPSA) is 105 Å². The Labute approximate surface area is 210 Å². The van der Waals surface area contributed by atoms with Gasteiger partial charge in [-0.2, -0.15) is 0 Å². The predicted octanol–water partition coefficient (Wildman–Crippen LogP) is 3.09. The van der Waals surface area contributed by atoms with Gasteiger partial charge in [0.1, 0.15) is 18.7 Å². The van der Waals surface area contributed by atoms with Gasteiger partial charge in [-0.15, -0.1) is 0 Å². The molecular weight excluding hydrogens is 446 g/mol. The van der Waals surface area contributed by atoms with Crippen molar-refractivity contribution in [3.05, 3.63) is 37.0 Å². The van der Waals surface area contributed by atoms with Crippen LogP contribution < -0.4 is 10.6 Å². The Bertz CT molecular complexity index is 818. The van der Waals surface area contributed by atoms with Crippen LogP contribution in [0.1, 0.15) is 66.2 Å². The summed E-state index contributed by atoms with van der Waals surface area (Å²) >= 11 is 0. The normalized spacial score (nSPS) is 18.3. The van der Waals surface area contributed by atoms with Gasteiger partial charge in [0.15, 0.2) is 0 Å². The Hall–Kier alpha value is -2.74. The number of nitrogens with one attached hydrogen (secondary N) is 2. The number of carbonyl (C=O) groups is 4. The molecule has 0 aromatic heterocycles. The van der Waals surface area contributed by atoms with Gasteiger partial charge in [0.2, 0.25) is 11.7 Å². The second-order valence-electron chi connectivity index (χ2n) is 9.68. The van der Waals surface area contributed by atoms with E-state index in [1.807, 2.05) is 13.0 Å². The molecule has 2 amide bonds. The summed E-state index contributed by atoms with van der Waals surface area (Å²) in [5.74, 6) is -2.11. The van der Waals surface area contributed by atoms with Gasteiger partial charge < -0.3 is 20.3 Å². The van der Waals surface area contributed by atoms with Crippen LogP contribution in [0, 0.1) is 5.41 Å². The number of likely N-dealkylation sites (tertiary alicyclic amines) is 1. The summed E-state index contributed by atoms with van der Waals surface area (Å²) in [6.07, 6.45) is 9.65. The van der Waals surface area contributed by atoms with Crippen LogP contribution >= 0.6 is 0 Å². The highest BCUT2D eigenvalue weighted by atomic mass is 16.5. The number of esters is 1. The highest BCUT2D eigenvalue weighted by Gasteiger charge is 2.41. The maximum atomic E-state index is 13.2. The zero-order chi connectivity index (χ0) is 26.6. The minimum atomic E-state index is -1.21. The lowest BCUT2D eigenvalue weighted by molar-refractivity contribution is -0.158. The number of rotatable bonds is 14. The zero-order valence-corrected chi connectivity index (χ0v) is 22.0. The van der Waals surface area contributed by atoms with Crippen LogP contribution in [-0.2, 0) is 23.9 Å². The van der Waals surface area contributed by atoms with Crippen LogP contribution in [0.2, 0.25) is 0 Å². The van der Waals surface area contributed by atoms with Gasteiger partial charge in [0, 0.05) is 12.6 Å². The zero-order valence-electron chi connectivity index (χ0n) is 22.0. The SMILES string of the molecule is C=CC=C(C=C)CCC(CC)NC(=O)C1CCCCN1C(=O)C(=O)C(C)(C)COC(=O)C(C)NC. The van der Waals surface area contributed by atoms with E-state index in [9.17, 15) is 19.2 Å². The van der Waals surface area contributed by atoms with Gasteiger partial charge in [-0.1, -0.05) is 38.3 Å². The maximum Gasteiger partial charge on any atom is 0.322 e. The highest BCUT2D eigenvalue weighted by molar-refractivity contribution is 6.38. The first kappa shape index (κ1) is 30.3. The molecular formula is C27H43N3O5. The third-order valence-electron chi connectivity index (χ3n) is 6.45. The summed E-state index contributed by atoms with van der Waals surface area (Å²) in [5.41, 5.74) is -0.164. The second kappa shape index (κ2) is 14.6.